The summed E-state index contributed by atoms with van der Waals surface area (Å²) in [4.78, 5) is 26.2. The van der Waals surface area contributed by atoms with Gasteiger partial charge in [0.15, 0.2) is 17.8 Å². The lowest BCUT2D eigenvalue weighted by Crippen LogP contribution is -2.64. The van der Waals surface area contributed by atoms with Crippen LogP contribution >= 0.6 is 0 Å². The van der Waals surface area contributed by atoms with Gasteiger partial charge >= 0.3 is 11.9 Å². The summed E-state index contributed by atoms with van der Waals surface area (Å²) in [5, 5.41) is 0. The molecule has 4 rings (SSSR count). The highest BCUT2D eigenvalue weighted by Gasteiger charge is 2.74. The van der Waals surface area contributed by atoms with Crippen molar-refractivity contribution in [2.75, 3.05) is 6.61 Å². The minimum atomic E-state index is -1.11. The molecule has 1 aliphatic heterocycles. The number of fused-ring (bicyclic) bond motifs is 2. The summed E-state index contributed by atoms with van der Waals surface area (Å²) in [6, 6.07) is 13.8. The van der Waals surface area contributed by atoms with Crippen LogP contribution in [0, 0.1) is 16.2 Å². The molecule has 1 aromatic carbocycles. The molecule has 0 unspecified atom stereocenters. The van der Waals surface area contributed by atoms with Gasteiger partial charge in [-0.2, -0.15) is 0 Å². The quantitative estimate of drug-likeness (QED) is 0.472. The van der Waals surface area contributed by atoms with E-state index < -0.39 is 10.8 Å². The van der Waals surface area contributed by atoms with Gasteiger partial charge < -0.3 is 4.74 Å². The minimum absolute atomic E-state index is 0.166. The third-order valence-electron chi connectivity index (χ3n) is 7.03. The molecular weight excluding hydrogens is 326 g/mol. The second kappa shape index (κ2) is 5.50. The summed E-state index contributed by atoms with van der Waals surface area (Å²) in [5.74, 6) is -0.558. The van der Waals surface area contributed by atoms with Gasteiger partial charge in [0, 0.05) is 23.0 Å². The summed E-state index contributed by atoms with van der Waals surface area (Å²) in [5.41, 5.74) is 0.405. The summed E-state index contributed by atoms with van der Waals surface area (Å²) in [6.45, 7) is 6.59. The van der Waals surface area contributed by atoms with Crippen molar-refractivity contribution in [1.82, 2.24) is 0 Å². The third kappa shape index (κ3) is 2.05. The van der Waals surface area contributed by atoms with E-state index in [9.17, 15) is 9.59 Å². The van der Waals surface area contributed by atoms with Crippen LogP contribution in [0.5, 0.6) is 0 Å². The zero-order valence-electron chi connectivity index (χ0n) is 15.5. The van der Waals surface area contributed by atoms with E-state index in [4.69, 9.17) is 4.74 Å². The molecule has 1 aliphatic carbocycles. The fraction of sp³-hybridized carbons (Fsp3) is 0.409. The van der Waals surface area contributed by atoms with Gasteiger partial charge in [-0.3, -0.25) is 4.79 Å². The first-order valence-corrected chi connectivity index (χ1v) is 9.11. The molecule has 1 saturated carbocycles. The largest absolute Gasteiger partial charge is 0.464 e. The Hall–Kier alpha value is -2.49. The number of carbonyl (C=O) groups is 2. The van der Waals surface area contributed by atoms with Crippen molar-refractivity contribution in [3.63, 3.8) is 0 Å². The predicted molar refractivity (Wildman–Crippen MR) is 97.2 cm³/mol. The van der Waals surface area contributed by atoms with Crippen molar-refractivity contribution in [3.8, 4) is 11.1 Å². The Bertz CT molecular complexity index is 872. The van der Waals surface area contributed by atoms with Crippen molar-refractivity contribution < 1.29 is 18.9 Å². The molecule has 4 heteroatoms. The van der Waals surface area contributed by atoms with Crippen LogP contribution in [0.4, 0.5) is 0 Å². The molecule has 2 bridgehead atoms. The first kappa shape index (κ1) is 17.0. The van der Waals surface area contributed by atoms with Gasteiger partial charge in [-0.1, -0.05) is 51.1 Å². The van der Waals surface area contributed by atoms with Crippen LogP contribution in [0.25, 0.3) is 11.1 Å². The van der Waals surface area contributed by atoms with E-state index in [1.807, 2.05) is 56.3 Å². The Morgan fingerprint density at radius 3 is 2.23 bits per heavy atom. The van der Waals surface area contributed by atoms with Crippen LogP contribution in [0.15, 0.2) is 54.9 Å². The van der Waals surface area contributed by atoms with E-state index in [1.54, 1.807) is 17.0 Å². The number of aromatic nitrogens is 1. The summed E-state index contributed by atoms with van der Waals surface area (Å²) >= 11 is 0. The number of rotatable bonds is 2. The zero-order valence-corrected chi connectivity index (χ0v) is 15.5. The monoisotopic (exact) mass is 350 g/mol. The van der Waals surface area contributed by atoms with Gasteiger partial charge in [0.2, 0.25) is 0 Å². The Balaban J connectivity index is 1.72. The molecule has 0 amide bonds. The highest BCUT2D eigenvalue weighted by Crippen LogP contribution is 2.65. The minimum Gasteiger partial charge on any atom is -0.464 e. The van der Waals surface area contributed by atoms with E-state index in [0.29, 0.717) is 13.0 Å². The topological polar surface area (TPSA) is 47.2 Å². The number of hydrogen-bond donors (Lipinski definition) is 0. The van der Waals surface area contributed by atoms with Crippen LogP contribution in [0.3, 0.4) is 0 Å². The Morgan fingerprint density at radius 1 is 0.962 bits per heavy atom. The predicted octanol–water partition coefficient (Wildman–Crippen LogP) is 3.65. The molecule has 2 fully saturated rings. The second-order valence-electron chi connectivity index (χ2n) is 8.33. The van der Waals surface area contributed by atoms with E-state index >= 15 is 0 Å². The molecule has 1 saturated heterocycles. The van der Waals surface area contributed by atoms with Crippen LogP contribution in [-0.2, 0) is 9.53 Å². The molecule has 134 valence electrons. The fourth-order valence-corrected chi connectivity index (χ4v) is 4.63. The first-order valence-electron chi connectivity index (χ1n) is 9.11. The number of nitrogens with zero attached hydrogens (tertiary/aromatic N) is 1. The van der Waals surface area contributed by atoms with Crippen LogP contribution in [0.1, 0.15) is 38.4 Å². The average Bonchev–Trinajstić information content (AvgIpc) is 2.77. The maximum atomic E-state index is 13.5. The second-order valence-corrected chi connectivity index (χ2v) is 8.33. The van der Waals surface area contributed by atoms with Gasteiger partial charge in [-0.25, -0.2) is 4.79 Å². The van der Waals surface area contributed by atoms with Crippen LogP contribution < -0.4 is 4.57 Å². The normalized spacial score (nSPS) is 29.3. The van der Waals surface area contributed by atoms with Crippen molar-refractivity contribution in [2.45, 2.75) is 33.6 Å². The molecule has 0 N–H and O–H groups in total. The Kier molecular flexibility index (Phi) is 3.59. The van der Waals surface area contributed by atoms with Crippen molar-refractivity contribution in [1.29, 1.82) is 0 Å². The highest BCUT2D eigenvalue weighted by molar-refractivity contribution is 6.01. The Labute approximate surface area is 153 Å². The van der Waals surface area contributed by atoms with Gasteiger partial charge in [-0.05, 0) is 24.0 Å². The maximum absolute atomic E-state index is 13.5. The van der Waals surface area contributed by atoms with Gasteiger partial charge in [0.1, 0.15) is 0 Å². The van der Waals surface area contributed by atoms with E-state index in [-0.39, 0.29) is 17.3 Å². The number of hydrogen-bond acceptors (Lipinski definition) is 3. The van der Waals surface area contributed by atoms with E-state index in [1.165, 1.54) is 0 Å². The number of benzene rings is 1. The smallest absolute Gasteiger partial charge is 0.410 e. The maximum Gasteiger partial charge on any atom is 0.410 e. The lowest BCUT2D eigenvalue weighted by molar-refractivity contribution is -0.581. The lowest BCUT2D eigenvalue weighted by Gasteiger charge is -2.48. The van der Waals surface area contributed by atoms with Gasteiger partial charge in [0.05, 0.1) is 6.61 Å². The van der Waals surface area contributed by atoms with E-state index in [0.717, 1.165) is 17.5 Å². The number of pyridine rings is 1. The molecule has 2 heterocycles. The van der Waals surface area contributed by atoms with Gasteiger partial charge in [-0.15, -0.1) is 4.57 Å². The molecular formula is C22H24NO3+. The summed E-state index contributed by atoms with van der Waals surface area (Å²) < 4.78 is 7.02. The zero-order chi connectivity index (χ0) is 18.6. The van der Waals surface area contributed by atoms with Gasteiger partial charge in [0.25, 0.3) is 0 Å². The molecule has 2 aliphatic rings. The number of esters is 1. The Morgan fingerprint density at radius 2 is 1.58 bits per heavy atom. The third-order valence-corrected chi connectivity index (χ3v) is 7.03. The lowest BCUT2D eigenvalue weighted by atomic mass is 9.57. The van der Waals surface area contributed by atoms with Crippen LogP contribution in [-0.4, -0.2) is 18.5 Å². The molecule has 0 spiro atoms. The average molecular weight is 350 g/mol. The number of carbonyl (C=O) groups excluding carboxylic acids is 2. The number of cyclic esters (lactones) is 1. The first-order chi connectivity index (χ1) is 12.3. The highest BCUT2D eigenvalue weighted by atomic mass is 16.5. The summed E-state index contributed by atoms with van der Waals surface area (Å²) in [6.07, 6.45) is 4.88. The summed E-state index contributed by atoms with van der Waals surface area (Å²) in [7, 11) is 0. The molecule has 2 atom stereocenters. The van der Waals surface area contributed by atoms with Crippen LogP contribution in [0.2, 0.25) is 0 Å². The van der Waals surface area contributed by atoms with Crippen molar-refractivity contribution in [2.24, 2.45) is 16.2 Å². The molecule has 4 nitrogen and oxygen atoms in total. The van der Waals surface area contributed by atoms with Crippen molar-refractivity contribution >= 4 is 11.9 Å². The number of ether oxygens (including phenoxy) is 1. The fourth-order valence-electron chi connectivity index (χ4n) is 4.63. The van der Waals surface area contributed by atoms with E-state index in [2.05, 4.69) is 6.92 Å². The van der Waals surface area contributed by atoms with Crippen molar-refractivity contribution in [3.05, 3.63) is 54.9 Å². The SMILES string of the molecule is CC1(C)[C@@]2(C)CC[C@]1(C(=O)[n+]1ccc(-c3ccccc3)cc1)C(=O)OC2. The molecule has 0 radical (unpaired) electrons. The molecule has 26 heavy (non-hydrogen) atoms. The molecule has 1 aromatic heterocycles. The standard InChI is InChI=1S/C22H24NO3/c1-20(2)21(3)11-12-22(20,19(25)26-15-21)18(24)23-13-9-17(10-14-23)16-7-5-4-6-8-16/h4-10,13-14H,11-12,15H2,1-3H3/q+1/t21-,22-/m0/s1. The molecule has 2 aromatic rings.